The Morgan fingerprint density at radius 3 is 2.63 bits per heavy atom. The van der Waals surface area contributed by atoms with Gasteiger partial charge in [-0.15, -0.1) is 0 Å². The van der Waals surface area contributed by atoms with Crippen LogP contribution in [0, 0.1) is 13.8 Å². The second kappa shape index (κ2) is 9.43. The first kappa shape index (κ1) is 20.0. The molecule has 27 heavy (non-hydrogen) atoms. The fourth-order valence-corrected chi connectivity index (χ4v) is 4.75. The molecule has 2 amide bonds. The number of amides is 2. The maximum Gasteiger partial charge on any atom is 0.253 e. The summed E-state index contributed by atoms with van der Waals surface area (Å²) in [6.45, 7) is 6.43. The van der Waals surface area contributed by atoms with Crippen molar-refractivity contribution in [1.29, 1.82) is 0 Å². The molecule has 0 aromatic carbocycles. The molecule has 1 saturated carbocycles. The maximum absolute atomic E-state index is 12.7. The number of carbonyl (C=O) groups excluding carboxylic acids is 2. The Labute approximate surface area is 163 Å². The lowest BCUT2D eigenvalue weighted by molar-refractivity contribution is -0.130. The molecule has 2 heterocycles. The van der Waals surface area contributed by atoms with E-state index in [2.05, 4.69) is 23.7 Å². The van der Waals surface area contributed by atoms with E-state index in [0.717, 1.165) is 50.0 Å². The van der Waals surface area contributed by atoms with Crippen molar-refractivity contribution in [1.82, 2.24) is 14.8 Å². The lowest BCUT2D eigenvalue weighted by Crippen LogP contribution is -2.34. The second-order valence-electron chi connectivity index (χ2n) is 8.25. The minimum Gasteiger partial charge on any atom is -0.352 e. The third-order valence-electron chi connectivity index (χ3n) is 6.23. The number of hydrogen-bond acceptors (Lipinski definition) is 2. The first-order valence-electron chi connectivity index (χ1n) is 10.8. The van der Waals surface area contributed by atoms with Gasteiger partial charge in [-0.2, -0.15) is 0 Å². The third-order valence-corrected chi connectivity index (χ3v) is 6.23. The fraction of sp³-hybridized carbons (Fsp3) is 0.727. The third kappa shape index (κ3) is 4.94. The van der Waals surface area contributed by atoms with Gasteiger partial charge in [-0.3, -0.25) is 9.59 Å². The van der Waals surface area contributed by atoms with Crippen molar-refractivity contribution in [3.63, 3.8) is 0 Å². The van der Waals surface area contributed by atoms with Crippen LogP contribution in [0.1, 0.15) is 92.0 Å². The van der Waals surface area contributed by atoms with Crippen LogP contribution in [-0.4, -0.2) is 40.9 Å². The number of hydrogen-bond donors (Lipinski definition) is 1. The van der Waals surface area contributed by atoms with Crippen LogP contribution in [0.3, 0.4) is 0 Å². The summed E-state index contributed by atoms with van der Waals surface area (Å²) in [6.07, 6.45) is 11.1. The molecule has 0 spiro atoms. The first-order valence-corrected chi connectivity index (χ1v) is 10.8. The van der Waals surface area contributed by atoms with Crippen LogP contribution >= 0.6 is 0 Å². The Kier molecular flexibility index (Phi) is 6.97. The number of nitrogens with zero attached hydrogens (tertiary/aromatic N) is 2. The lowest BCUT2D eigenvalue weighted by Gasteiger charge is -2.26. The Bertz CT molecular complexity index is 659. The Morgan fingerprint density at radius 2 is 1.85 bits per heavy atom. The summed E-state index contributed by atoms with van der Waals surface area (Å²) < 4.78 is 2.38. The number of aryl methyl sites for hydroxylation is 1. The van der Waals surface area contributed by atoms with Gasteiger partial charge in [-0.05, 0) is 52.0 Å². The molecule has 0 bridgehead atoms. The lowest BCUT2D eigenvalue weighted by atomic mass is 9.95. The predicted molar refractivity (Wildman–Crippen MR) is 108 cm³/mol. The highest BCUT2D eigenvalue weighted by molar-refractivity contribution is 5.95. The Morgan fingerprint density at radius 1 is 1.11 bits per heavy atom. The highest BCUT2D eigenvalue weighted by atomic mass is 16.2. The molecule has 1 aromatic heterocycles. The second-order valence-corrected chi connectivity index (χ2v) is 8.25. The van der Waals surface area contributed by atoms with Gasteiger partial charge in [0.15, 0.2) is 0 Å². The van der Waals surface area contributed by atoms with Gasteiger partial charge in [0.25, 0.3) is 5.91 Å². The van der Waals surface area contributed by atoms with E-state index in [1.165, 1.54) is 37.8 Å². The minimum absolute atomic E-state index is 0.0207. The van der Waals surface area contributed by atoms with Crippen LogP contribution in [0.2, 0.25) is 0 Å². The summed E-state index contributed by atoms with van der Waals surface area (Å²) >= 11 is 0. The molecule has 0 radical (unpaired) electrons. The topological polar surface area (TPSA) is 54.3 Å². The molecular formula is C22H35N3O2. The molecule has 1 aliphatic heterocycles. The van der Waals surface area contributed by atoms with Crippen LogP contribution in [0.5, 0.6) is 0 Å². The molecule has 1 saturated heterocycles. The molecule has 150 valence electrons. The normalized spacial score (nSPS) is 19.2. The maximum atomic E-state index is 12.7. The molecule has 2 fully saturated rings. The van der Waals surface area contributed by atoms with Crippen LogP contribution in [0.15, 0.2) is 6.07 Å². The summed E-state index contributed by atoms with van der Waals surface area (Å²) in [5.41, 5.74) is 3.10. The van der Waals surface area contributed by atoms with Gasteiger partial charge in [-0.1, -0.05) is 25.7 Å². The highest BCUT2D eigenvalue weighted by Gasteiger charge is 2.22. The molecular weight excluding hydrogens is 338 g/mol. The van der Waals surface area contributed by atoms with Crippen molar-refractivity contribution in [3.05, 3.63) is 23.0 Å². The summed E-state index contributed by atoms with van der Waals surface area (Å²) in [4.78, 5) is 26.7. The summed E-state index contributed by atoms with van der Waals surface area (Å²) in [7, 11) is 0. The predicted octanol–water partition coefficient (Wildman–Crippen LogP) is 4.13. The SMILES string of the molecule is Cc1cc(C(=O)NCCCN2CCCCCC2=O)c(C)n1C1CCCCC1. The smallest absolute Gasteiger partial charge is 0.253 e. The van der Waals surface area contributed by atoms with Crippen molar-refractivity contribution in [2.45, 2.75) is 84.1 Å². The van der Waals surface area contributed by atoms with Gasteiger partial charge < -0.3 is 14.8 Å². The Balaban J connectivity index is 1.51. The number of aromatic nitrogens is 1. The summed E-state index contributed by atoms with van der Waals surface area (Å²) in [5, 5.41) is 3.06. The van der Waals surface area contributed by atoms with E-state index in [1.54, 1.807) is 0 Å². The molecule has 0 unspecified atom stereocenters. The van der Waals surface area contributed by atoms with Crippen molar-refractivity contribution >= 4 is 11.8 Å². The molecule has 5 nitrogen and oxygen atoms in total. The highest BCUT2D eigenvalue weighted by Crippen LogP contribution is 2.32. The summed E-state index contributed by atoms with van der Waals surface area (Å²) in [6, 6.07) is 2.59. The van der Waals surface area contributed by atoms with Gasteiger partial charge in [0, 0.05) is 43.5 Å². The molecule has 2 aliphatic rings. The van der Waals surface area contributed by atoms with Crippen LogP contribution < -0.4 is 5.32 Å². The van der Waals surface area contributed by atoms with E-state index >= 15 is 0 Å². The largest absolute Gasteiger partial charge is 0.352 e. The summed E-state index contributed by atoms with van der Waals surface area (Å²) in [5.74, 6) is 0.294. The number of rotatable bonds is 6. The molecule has 3 rings (SSSR count). The van der Waals surface area contributed by atoms with E-state index in [0.29, 0.717) is 19.0 Å². The van der Waals surface area contributed by atoms with Gasteiger partial charge in [0.05, 0.1) is 5.56 Å². The van der Waals surface area contributed by atoms with Crippen LogP contribution in [-0.2, 0) is 4.79 Å². The molecule has 1 aliphatic carbocycles. The van der Waals surface area contributed by atoms with Crippen LogP contribution in [0.4, 0.5) is 0 Å². The van der Waals surface area contributed by atoms with E-state index in [1.807, 2.05) is 11.0 Å². The van der Waals surface area contributed by atoms with Crippen LogP contribution in [0.25, 0.3) is 0 Å². The quantitative estimate of drug-likeness (QED) is 0.762. The van der Waals surface area contributed by atoms with Gasteiger partial charge in [0.2, 0.25) is 5.91 Å². The van der Waals surface area contributed by atoms with E-state index in [-0.39, 0.29) is 11.8 Å². The van der Waals surface area contributed by atoms with Crippen molar-refractivity contribution in [2.75, 3.05) is 19.6 Å². The van der Waals surface area contributed by atoms with Gasteiger partial charge in [0.1, 0.15) is 0 Å². The van der Waals surface area contributed by atoms with Crippen molar-refractivity contribution < 1.29 is 9.59 Å². The van der Waals surface area contributed by atoms with E-state index in [4.69, 9.17) is 0 Å². The number of nitrogens with one attached hydrogen (secondary N) is 1. The fourth-order valence-electron chi connectivity index (χ4n) is 4.75. The Hall–Kier alpha value is -1.78. The minimum atomic E-state index is 0.0207. The molecule has 1 N–H and O–H groups in total. The zero-order chi connectivity index (χ0) is 19.2. The zero-order valence-electron chi connectivity index (χ0n) is 17.1. The van der Waals surface area contributed by atoms with Gasteiger partial charge in [-0.25, -0.2) is 0 Å². The first-order chi connectivity index (χ1) is 13.1. The number of likely N-dealkylation sites (tertiary alicyclic amines) is 1. The van der Waals surface area contributed by atoms with E-state index < -0.39 is 0 Å². The molecule has 5 heteroatoms. The standard InChI is InChI=1S/C22H35N3O2/c1-17-16-20(18(2)25(17)19-10-5-3-6-11-19)22(27)23-13-9-15-24-14-8-4-7-12-21(24)26/h16,19H,3-15H2,1-2H3,(H,23,27). The van der Waals surface area contributed by atoms with Crippen molar-refractivity contribution in [3.8, 4) is 0 Å². The van der Waals surface area contributed by atoms with Gasteiger partial charge >= 0.3 is 0 Å². The molecule has 1 aromatic rings. The molecule has 0 atom stereocenters. The number of carbonyl (C=O) groups is 2. The van der Waals surface area contributed by atoms with Crippen molar-refractivity contribution in [2.24, 2.45) is 0 Å². The zero-order valence-corrected chi connectivity index (χ0v) is 17.1. The van der Waals surface area contributed by atoms with E-state index in [9.17, 15) is 9.59 Å². The average Bonchev–Trinajstić information content (AvgIpc) is 2.83. The average molecular weight is 374 g/mol. The monoisotopic (exact) mass is 373 g/mol.